The van der Waals surface area contributed by atoms with Crippen LogP contribution < -0.4 is 4.90 Å². The molecule has 0 spiro atoms. The van der Waals surface area contributed by atoms with Crippen LogP contribution in [0, 0.1) is 5.92 Å². The van der Waals surface area contributed by atoms with Crippen molar-refractivity contribution in [2.75, 3.05) is 38.6 Å². The molecular formula is C18H24ClN3O2. The second-order valence-electron chi connectivity index (χ2n) is 6.87. The summed E-state index contributed by atoms with van der Waals surface area (Å²) in [5.41, 5.74) is 0.807. The lowest BCUT2D eigenvalue weighted by Crippen LogP contribution is -2.46. The first-order chi connectivity index (χ1) is 11.5. The summed E-state index contributed by atoms with van der Waals surface area (Å²) in [5, 5.41) is 0.639. The van der Waals surface area contributed by atoms with Gasteiger partial charge in [0.1, 0.15) is 0 Å². The lowest BCUT2D eigenvalue weighted by Gasteiger charge is -2.36. The zero-order valence-electron chi connectivity index (χ0n) is 14.2. The van der Waals surface area contributed by atoms with E-state index in [0.717, 1.165) is 31.6 Å². The Morgan fingerprint density at radius 1 is 1.21 bits per heavy atom. The Hall–Kier alpha value is -1.59. The molecule has 1 aromatic carbocycles. The predicted molar refractivity (Wildman–Crippen MR) is 95.2 cm³/mol. The standard InChI is InChI=1S/C18H24ClN3O2/c1-20-9-7-15(8-10-20)21(2)18(24)13-11-17(23)22(12-13)16-5-3-14(19)4-6-16/h3-6,13,15H,7-12H2,1-2H3/t13-/m0/s1. The Morgan fingerprint density at radius 2 is 1.83 bits per heavy atom. The Balaban J connectivity index is 1.64. The molecule has 2 aliphatic heterocycles. The summed E-state index contributed by atoms with van der Waals surface area (Å²) in [7, 11) is 3.99. The molecule has 1 aromatic rings. The number of anilines is 1. The quantitative estimate of drug-likeness (QED) is 0.840. The van der Waals surface area contributed by atoms with E-state index in [0.29, 0.717) is 18.0 Å². The average molecular weight is 350 g/mol. The number of carbonyl (C=O) groups excluding carboxylic acids is 2. The van der Waals surface area contributed by atoms with E-state index in [1.807, 2.05) is 24.1 Å². The van der Waals surface area contributed by atoms with Gasteiger partial charge < -0.3 is 14.7 Å². The molecule has 1 atom stereocenters. The predicted octanol–water partition coefficient (Wildman–Crippen LogP) is 2.25. The molecule has 24 heavy (non-hydrogen) atoms. The van der Waals surface area contributed by atoms with Gasteiger partial charge in [0.25, 0.3) is 0 Å². The normalized spacial score (nSPS) is 22.9. The van der Waals surface area contributed by atoms with Gasteiger partial charge in [0.15, 0.2) is 0 Å². The average Bonchev–Trinajstić information content (AvgIpc) is 2.97. The molecule has 2 aliphatic rings. The molecule has 0 aromatic heterocycles. The number of carbonyl (C=O) groups is 2. The first kappa shape index (κ1) is 17.2. The number of halogens is 1. The Morgan fingerprint density at radius 3 is 2.46 bits per heavy atom. The molecule has 3 rings (SSSR count). The first-order valence-corrected chi connectivity index (χ1v) is 8.84. The van der Waals surface area contributed by atoms with Crippen LogP contribution in [0.5, 0.6) is 0 Å². The number of hydrogen-bond donors (Lipinski definition) is 0. The molecule has 2 amide bonds. The Labute approximate surface area is 148 Å². The second-order valence-corrected chi connectivity index (χ2v) is 7.30. The van der Waals surface area contributed by atoms with Gasteiger partial charge in [-0.15, -0.1) is 0 Å². The van der Waals surface area contributed by atoms with Crippen molar-refractivity contribution in [2.24, 2.45) is 5.92 Å². The molecule has 0 bridgehead atoms. The largest absolute Gasteiger partial charge is 0.342 e. The van der Waals surface area contributed by atoms with Crippen LogP contribution in [0.4, 0.5) is 5.69 Å². The fraction of sp³-hybridized carbons (Fsp3) is 0.556. The smallest absolute Gasteiger partial charge is 0.228 e. The van der Waals surface area contributed by atoms with E-state index >= 15 is 0 Å². The van der Waals surface area contributed by atoms with E-state index in [9.17, 15) is 9.59 Å². The highest BCUT2D eigenvalue weighted by Crippen LogP contribution is 2.28. The zero-order chi connectivity index (χ0) is 17.3. The van der Waals surface area contributed by atoms with Gasteiger partial charge in [-0.05, 0) is 57.2 Å². The molecule has 0 saturated carbocycles. The molecule has 6 heteroatoms. The molecule has 0 unspecified atom stereocenters. The van der Waals surface area contributed by atoms with Crippen LogP contribution >= 0.6 is 11.6 Å². The Kier molecular flexibility index (Phi) is 5.11. The van der Waals surface area contributed by atoms with Crippen molar-refractivity contribution in [3.05, 3.63) is 29.3 Å². The van der Waals surface area contributed by atoms with E-state index in [4.69, 9.17) is 11.6 Å². The number of benzene rings is 1. The number of nitrogens with zero attached hydrogens (tertiary/aromatic N) is 3. The maximum absolute atomic E-state index is 12.8. The Bertz CT molecular complexity index is 611. The molecule has 2 heterocycles. The fourth-order valence-electron chi connectivity index (χ4n) is 3.59. The topological polar surface area (TPSA) is 43.9 Å². The van der Waals surface area contributed by atoms with Gasteiger partial charge >= 0.3 is 0 Å². The highest BCUT2D eigenvalue weighted by molar-refractivity contribution is 6.30. The van der Waals surface area contributed by atoms with Gasteiger partial charge in [-0.25, -0.2) is 0 Å². The maximum Gasteiger partial charge on any atom is 0.228 e. The van der Waals surface area contributed by atoms with Crippen LogP contribution in [-0.4, -0.2) is 61.4 Å². The molecule has 0 radical (unpaired) electrons. The van der Waals surface area contributed by atoms with Gasteiger partial charge in [-0.3, -0.25) is 9.59 Å². The molecule has 130 valence electrons. The third-order valence-electron chi connectivity index (χ3n) is 5.20. The zero-order valence-corrected chi connectivity index (χ0v) is 15.0. The van der Waals surface area contributed by atoms with Crippen LogP contribution in [0.15, 0.2) is 24.3 Å². The second kappa shape index (κ2) is 7.11. The lowest BCUT2D eigenvalue weighted by atomic mass is 10.0. The van der Waals surface area contributed by atoms with Crippen molar-refractivity contribution in [1.82, 2.24) is 9.80 Å². The van der Waals surface area contributed by atoms with E-state index in [-0.39, 0.29) is 23.8 Å². The maximum atomic E-state index is 12.8. The van der Waals surface area contributed by atoms with Crippen LogP contribution in [-0.2, 0) is 9.59 Å². The minimum atomic E-state index is -0.252. The van der Waals surface area contributed by atoms with E-state index < -0.39 is 0 Å². The number of rotatable bonds is 3. The molecule has 0 N–H and O–H groups in total. The van der Waals surface area contributed by atoms with Gasteiger partial charge in [0, 0.05) is 36.8 Å². The number of amides is 2. The molecule has 2 saturated heterocycles. The van der Waals surface area contributed by atoms with Crippen molar-refractivity contribution in [1.29, 1.82) is 0 Å². The first-order valence-electron chi connectivity index (χ1n) is 8.47. The monoisotopic (exact) mass is 349 g/mol. The molecule has 5 nitrogen and oxygen atoms in total. The van der Waals surface area contributed by atoms with Gasteiger partial charge in [-0.2, -0.15) is 0 Å². The van der Waals surface area contributed by atoms with Gasteiger partial charge in [-0.1, -0.05) is 11.6 Å². The van der Waals surface area contributed by atoms with Gasteiger partial charge in [0.2, 0.25) is 11.8 Å². The molecule has 0 aliphatic carbocycles. The SMILES string of the molecule is CN1CCC(N(C)C(=O)[C@H]2CC(=O)N(c3ccc(Cl)cc3)C2)CC1. The van der Waals surface area contributed by atoms with Gasteiger partial charge in [0.05, 0.1) is 5.92 Å². The summed E-state index contributed by atoms with van der Waals surface area (Å²) in [6.07, 6.45) is 2.29. The van der Waals surface area contributed by atoms with E-state index in [1.165, 1.54) is 0 Å². The minimum Gasteiger partial charge on any atom is -0.342 e. The molecule has 2 fully saturated rings. The number of hydrogen-bond acceptors (Lipinski definition) is 3. The highest BCUT2D eigenvalue weighted by atomic mass is 35.5. The third kappa shape index (κ3) is 3.57. The summed E-state index contributed by atoms with van der Waals surface area (Å²) in [6, 6.07) is 7.48. The van der Waals surface area contributed by atoms with E-state index in [2.05, 4.69) is 11.9 Å². The third-order valence-corrected chi connectivity index (χ3v) is 5.45. The summed E-state index contributed by atoms with van der Waals surface area (Å²) >= 11 is 5.90. The van der Waals surface area contributed by atoms with Crippen LogP contribution in [0.2, 0.25) is 5.02 Å². The van der Waals surface area contributed by atoms with E-state index in [1.54, 1.807) is 17.0 Å². The van der Waals surface area contributed by atoms with Crippen molar-refractivity contribution in [2.45, 2.75) is 25.3 Å². The minimum absolute atomic E-state index is 0.00690. The van der Waals surface area contributed by atoms with Crippen LogP contribution in [0.1, 0.15) is 19.3 Å². The van der Waals surface area contributed by atoms with Crippen LogP contribution in [0.3, 0.4) is 0 Å². The van der Waals surface area contributed by atoms with Crippen molar-refractivity contribution < 1.29 is 9.59 Å². The summed E-state index contributed by atoms with van der Waals surface area (Å²) < 4.78 is 0. The highest BCUT2D eigenvalue weighted by Gasteiger charge is 2.38. The van der Waals surface area contributed by atoms with Crippen molar-refractivity contribution >= 4 is 29.1 Å². The number of piperidine rings is 1. The summed E-state index contributed by atoms with van der Waals surface area (Å²) in [6.45, 7) is 2.49. The fourth-order valence-corrected chi connectivity index (χ4v) is 3.72. The van der Waals surface area contributed by atoms with Crippen molar-refractivity contribution in [3.63, 3.8) is 0 Å². The number of likely N-dealkylation sites (tertiary alicyclic amines) is 1. The summed E-state index contributed by atoms with van der Waals surface area (Å²) in [5.74, 6) is -0.153. The van der Waals surface area contributed by atoms with Crippen molar-refractivity contribution in [3.8, 4) is 0 Å². The lowest BCUT2D eigenvalue weighted by molar-refractivity contribution is -0.137. The summed E-state index contributed by atoms with van der Waals surface area (Å²) in [4.78, 5) is 31.0. The molecular weight excluding hydrogens is 326 g/mol. The van der Waals surface area contributed by atoms with Crippen LogP contribution in [0.25, 0.3) is 0 Å².